The van der Waals surface area contributed by atoms with Gasteiger partial charge in [-0.05, 0) is 36.8 Å². The van der Waals surface area contributed by atoms with Gasteiger partial charge in [0.15, 0.2) is 5.16 Å². The molecule has 0 spiro atoms. The molecule has 138 valence electrons. The third-order valence-electron chi connectivity index (χ3n) is 3.64. The van der Waals surface area contributed by atoms with E-state index in [0.29, 0.717) is 27.4 Å². The average molecular weight is 402 g/mol. The van der Waals surface area contributed by atoms with Crippen LogP contribution in [0.3, 0.4) is 0 Å². The van der Waals surface area contributed by atoms with Crippen molar-refractivity contribution >= 4 is 40.8 Å². The number of nitrogens with one attached hydrogen (secondary N) is 1. The van der Waals surface area contributed by atoms with Crippen LogP contribution in [-0.2, 0) is 5.75 Å². The van der Waals surface area contributed by atoms with Gasteiger partial charge in [0.05, 0.1) is 11.3 Å². The molecule has 1 heterocycles. The van der Waals surface area contributed by atoms with E-state index in [1.54, 1.807) is 6.07 Å². The summed E-state index contributed by atoms with van der Waals surface area (Å²) < 4.78 is 0. The van der Waals surface area contributed by atoms with E-state index in [2.05, 4.69) is 15.3 Å². The van der Waals surface area contributed by atoms with Crippen molar-refractivity contribution in [2.75, 3.05) is 5.32 Å². The van der Waals surface area contributed by atoms with Crippen LogP contribution in [-0.4, -0.2) is 26.2 Å². The van der Waals surface area contributed by atoms with Crippen molar-refractivity contribution in [1.82, 2.24) is 9.97 Å². The summed E-state index contributed by atoms with van der Waals surface area (Å²) in [5.74, 6) is -0.181. The SMILES string of the molecule is Cc1cc(Nc2ccc(O)cc2C(=O)O)nc(SCc2ccccc2Cl)n1. The molecule has 0 saturated carbocycles. The summed E-state index contributed by atoms with van der Waals surface area (Å²) in [6.45, 7) is 1.83. The Hall–Kier alpha value is -2.77. The zero-order valence-corrected chi connectivity index (χ0v) is 15.9. The number of phenols is 1. The lowest BCUT2D eigenvalue weighted by Gasteiger charge is -2.11. The molecule has 1 aromatic heterocycles. The van der Waals surface area contributed by atoms with Crippen LogP contribution in [0.5, 0.6) is 5.75 Å². The number of aromatic carboxylic acids is 1. The minimum Gasteiger partial charge on any atom is -0.508 e. The first-order chi connectivity index (χ1) is 12.9. The van der Waals surface area contributed by atoms with E-state index in [0.717, 1.165) is 11.3 Å². The molecule has 8 heteroatoms. The van der Waals surface area contributed by atoms with E-state index in [4.69, 9.17) is 11.6 Å². The van der Waals surface area contributed by atoms with Crippen LogP contribution in [0.15, 0.2) is 53.7 Å². The summed E-state index contributed by atoms with van der Waals surface area (Å²) in [5, 5.41) is 23.0. The number of hydrogen-bond donors (Lipinski definition) is 3. The number of anilines is 2. The molecule has 3 rings (SSSR count). The van der Waals surface area contributed by atoms with Crippen molar-refractivity contribution in [2.45, 2.75) is 17.8 Å². The van der Waals surface area contributed by atoms with Crippen LogP contribution in [0, 0.1) is 6.92 Å². The molecule has 27 heavy (non-hydrogen) atoms. The first-order valence-electron chi connectivity index (χ1n) is 7.97. The standard InChI is InChI=1S/C19H16ClN3O3S/c1-11-8-17(22-16-7-6-13(24)9-14(16)18(25)26)23-19(21-11)27-10-12-4-2-3-5-15(12)20/h2-9,24H,10H2,1H3,(H,25,26)(H,21,22,23). The van der Waals surface area contributed by atoms with Crippen molar-refractivity contribution in [1.29, 1.82) is 0 Å². The zero-order chi connectivity index (χ0) is 19.4. The first-order valence-corrected chi connectivity index (χ1v) is 9.34. The molecule has 0 bridgehead atoms. The van der Waals surface area contributed by atoms with E-state index in [1.165, 1.54) is 30.0 Å². The summed E-state index contributed by atoms with van der Waals surface area (Å²) in [6.07, 6.45) is 0. The van der Waals surface area contributed by atoms with Crippen LogP contribution in [0.2, 0.25) is 5.02 Å². The monoisotopic (exact) mass is 401 g/mol. The fraction of sp³-hybridized carbons (Fsp3) is 0.105. The van der Waals surface area contributed by atoms with Crippen LogP contribution in [0.25, 0.3) is 0 Å². The minimum atomic E-state index is -1.15. The number of hydrogen-bond acceptors (Lipinski definition) is 6. The molecule has 0 fully saturated rings. The van der Waals surface area contributed by atoms with E-state index in [9.17, 15) is 15.0 Å². The molecule has 3 N–H and O–H groups in total. The van der Waals surface area contributed by atoms with Gasteiger partial charge in [0.1, 0.15) is 11.6 Å². The Morgan fingerprint density at radius 2 is 1.96 bits per heavy atom. The highest BCUT2D eigenvalue weighted by atomic mass is 35.5. The number of carbonyl (C=O) groups is 1. The fourth-order valence-electron chi connectivity index (χ4n) is 2.38. The lowest BCUT2D eigenvalue weighted by molar-refractivity contribution is 0.0697. The number of aromatic hydroxyl groups is 1. The maximum absolute atomic E-state index is 11.4. The second-order valence-electron chi connectivity index (χ2n) is 5.72. The highest BCUT2D eigenvalue weighted by Gasteiger charge is 2.13. The summed E-state index contributed by atoms with van der Waals surface area (Å²) in [4.78, 5) is 20.2. The lowest BCUT2D eigenvalue weighted by atomic mass is 10.1. The van der Waals surface area contributed by atoms with Gasteiger partial charge >= 0.3 is 5.97 Å². The van der Waals surface area contributed by atoms with Crippen LogP contribution < -0.4 is 5.32 Å². The van der Waals surface area contributed by atoms with E-state index in [-0.39, 0.29) is 11.3 Å². The zero-order valence-electron chi connectivity index (χ0n) is 14.3. The molecule has 0 atom stereocenters. The van der Waals surface area contributed by atoms with Gasteiger partial charge in [0.2, 0.25) is 0 Å². The van der Waals surface area contributed by atoms with Gasteiger partial charge in [-0.2, -0.15) is 0 Å². The number of carboxylic acid groups (broad SMARTS) is 1. The Bertz CT molecular complexity index is 998. The molecular formula is C19H16ClN3O3S. The normalized spacial score (nSPS) is 10.6. The third kappa shape index (κ3) is 4.90. The number of aromatic nitrogens is 2. The van der Waals surface area contributed by atoms with E-state index in [1.807, 2.05) is 31.2 Å². The fourth-order valence-corrected chi connectivity index (χ4v) is 3.57. The molecule has 0 unspecified atom stereocenters. The maximum atomic E-state index is 11.4. The smallest absolute Gasteiger partial charge is 0.337 e. The molecule has 0 aliphatic carbocycles. The van der Waals surface area contributed by atoms with E-state index < -0.39 is 5.97 Å². The predicted octanol–water partition coefficient (Wildman–Crippen LogP) is 4.88. The van der Waals surface area contributed by atoms with Crippen molar-refractivity contribution in [3.05, 3.63) is 70.4 Å². The van der Waals surface area contributed by atoms with Gasteiger partial charge in [-0.25, -0.2) is 14.8 Å². The summed E-state index contributed by atoms with van der Waals surface area (Å²) in [6, 6.07) is 13.4. The number of nitrogens with zero attached hydrogens (tertiary/aromatic N) is 2. The van der Waals surface area contributed by atoms with Crippen molar-refractivity contribution < 1.29 is 15.0 Å². The largest absolute Gasteiger partial charge is 0.508 e. The quantitative estimate of drug-likeness (QED) is 0.308. The Morgan fingerprint density at radius 1 is 1.19 bits per heavy atom. The highest BCUT2D eigenvalue weighted by molar-refractivity contribution is 7.98. The van der Waals surface area contributed by atoms with Gasteiger partial charge < -0.3 is 15.5 Å². The Morgan fingerprint density at radius 3 is 2.70 bits per heavy atom. The number of rotatable bonds is 6. The van der Waals surface area contributed by atoms with Crippen molar-refractivity contribution in [2.24, 2.45) is 0 Å². The van der Waals surface area contributed by atoms with Gasteiger partial charge in [-0.3, -0.25) is 0 Å². The topological polar surface area (TPSA) is 95.3 Å². The number of aryl methyl sites for hydroxylation is 1. The molecule has 2 aromatic carbocycles. The Labute approximate surface area is 165 Å². The van der Waals surface area contributed by atoms with Crippen LogP contribution in [0.4, 0.5) is 11.5 Å². The molecule has 6 nitrogen and oxygen atoms in total. The predicted molar refractivity (Wildman–Crippen MR) is 106 cm³/mol. The molecule has 3 aromatic rings. The van der Waals surface area contributed by atoms with Gasteiger partial charge in [0, 0.05) is 22.5 Å². The summed E-state index contributed by atoms with van der Waals surface area (Å²) >= 11 is 7.61. The lowest BCUT2D eigenvalue weighted by Crippen LogP contribution is -2.04. The summed E-state index contributed by atoms with van der Waals surface area (Å²) in [7, 11) is 0. The molecule has 0 amide bonds. The van der Waals surface area contributed by atoms with Gasteiger partial charge in [-0.15, -0.1) is 0 Å². The second kappa shape index (κ2) is 8.28. The number of halogens is 1. The summed E-state index contributed by atoms with van der Waals surface area (Å²) in [5.41, 5.74) is 2.01. The maximum Gasteiger partial charge on any atom is 0.337 e. The number of carboxylic acids is 1. The number of phenolic OH excluding ortho intramolecular Hbond substituents is 1. The molecular weight excluding hydrogens is 386 g/mol. The molecule has 0 aliphatic rings. The van der Waals surface area contributed by atoms with Crippen molar-refractivity contribution in [3.63, 3.8) is 0 Å². The van der Waals surface area contributed by atoms with E-state index >= 15 is 0 Å². The minimum absolute atomic E-state index is 0.0449. The van der Waals surface area contributed by atoms with Gasteiger partial charge in [-0.1, -0.05) is 41.6 Å². The van der Waals surface area contributed by atoms with Gasteiger partial charge in [0.25, 0.3) is 0 Å². The first kappa shape index (κ1) is 19.0. The Kier molecular flexibility index (Phi) is 5.83. The average Bonchev–Trinajstić information content (AvgIpc) is 2.62. The second-order valence-corrected chi connectivity index (χ2v) is 7.07. The van der Waals surface area contributed by atoms with Crippen LogP contribution >= 0.6 is 23.4 Å². The number of thioether (sulfide) groups is 1. The van der Waals surface area contributed by atoms with Crippen LogP contribution in [0.1, 0.15) is 21.6 Å². The van der Waals surface area contributed by atoms with Crippen molar-refractivity contribution in [3.8, 4) is 5.75 Å². The molecule has 0 aliphatic heterocycles. The highest BCUT2D eigenvalue weighted by Crippen LogP contribution is 2.28. The Balaban J connectivity index is 1.82. The number of benzene rings is 2. The molecule has 0 saturated heterocycles. The third-order valence-corrected chi connectivity index (χ3v) is 4.91. The molecule has 0 radical (unpaired) electrons.